The van der Waals surface area contributed by atoms with E-state index in [4.69, 9.17) is 0 Å². The monoisotopic (exact) mass is 321 g/mol. The second-order valence-electron chi connectivity index (χ2n) is 3.72. The Balaban J connectivity index is 2.08. The molecule has 0 radical (unpaired) electrons. The molecule has 0 spiro atoms. The molecule has 1 aromatic heterocycles. The van der Waals surface area contributed by atoms with Crippen LogP contribution in [0.25, 0.3) is 11.0 Å². The summed E-state index contributed by atoms with van der Waals surface area (Å²) in [5, 5.41) is 18.3. The zero-order chi connectivity index (χ0) is 13.2. The summed E-state index contributed by atoms with van der Waals surface area (Å²) in [4.78, 5) is 10.4. The molecule has 0 unspecified atom stereocenters. The summed E-state index contributed by atoms with van der Waals surface area (Å²) in [7, 11) is 0. The van der Waals surface area contributed by atoms with Gasteiger partial charge in [0.15, 0.2) is 0 Å². The molecule has 0 bridgehead atoms. The molecule has 6 nitrogen and oxygen atoms in total. The molecule has 0 aliphatic carbocycles. The first-order valence-corrected chi connectivity index (χ1v) is 7.09. The Kier molecular flexibility index (Phi) is 2.98. The van der Waals surface area contributed by atoms with Gasteiger partial charge in [-0.15, -0.1) is 0 Å². The standard InChI is InChI=1S/C12H7N3O3Se/c16-15(17)9-6-7-10(12-11(9)13-18-14-12)19-8-4-2-1-3-5-8/h1-7H. The van der Waals surface area contributed by atoms with Crippen molar-refractivity contribution in [1.82, 2.24) is 10.3 Å². The molecule has 0 atom stereocenters. The fourth-order valence-corrected chi connectivity index (χ4v) is 3.59. The Bertz CT molecular complexity index is 742. The Morgan fingerprint density at radius 3 is 2.53 bits per heavy atom. The number of nitrogens with zero attached hydrogens (tertiary/aromatic N) is 3. The zero-order valence-electron chi connectivity index (χ0n) is 9.52. The van der Waals surface area contributed by atoms with Crippen molar-refractivity contribution >= 4 is 40.6 Å². The molecular formula is C12H7N3O3Se. The van der Waals surface area contributed by atoms with Crippen molar-refractivity contribution in [1.29, 1.82) is 0 Å². The van der Waals surface area contributed by atoms with Gasteiger partial charge in [0.2, 0.25) is 0 Å². The minimum absolute atomic E-state index is 0.00713. The number of nitro groups is 1. The van der Waals surface area contributed by atoms with Crippen molar-refractivity contribution < 1.29 is 9.55 Å². The molecule has 0 saturated heterocycles. The third kappa shape index (κ3) is 2.21. The van der Waals surface area contributed by atoms with Crippen LogP contribution < -0.4 is 8.92 Å². The predicted molar refractivity (Wildman–Crippen MR) is 69.9 cm³/mol. The second kappa shape index (κ2) is 4.79. The van der Waals surface area contributed by atoms with Gasteiger partial charge in [-0.2, -0.15) is 0 Å². The fraction of sp³-hybridized carbons (Fsp3) is 0. The van der Waals surface area contributed by atoms with Gasteiger partial charge in [0.25, 0.3) is 0 Å². The topological polar surface area (TPSA) is 82.1 Å². The quantitative estimate of drug-likeness (QED) is 0.405. The maximum absolute atomic E-state index is 10.9. The molecular weight excluding hydrogens is 313 g/mol. The van der Waals surface area contributed by atoms with Crippen LogP contribution in [0.3, 0.4) is 0 Å². The Hall–Kier alpha value is -2.24. The number of benzene rings is 2. The van der Waals surface area contributed by atoms with Crippen LogP contribution in [0.5, 0.6) is 0 Å². The fourth-order valence-electron chi connectivity index (χ4n) is 1.68. The van der Waals surface area contributed by atoms with E-state index in [1.165, 1.54) is 6.07 Å². The Morgan fingerprint density at radius 1 is 1.05 bits per heavy atom. The van der Waals surface area contributed by atoms with Crippen molar-refractivity contribution in [3.63, 3.8) is 0 Å². The molecule has 0 amide bonds. The summed E-state index contributed by atoms with van der Waals surface area (Å²) in [5.41, 5.74) is 0.599. The van der Waals surface area contributed by atoms with E-state index in [1.54, 1.807) is 6.07 Å². The van der Waals surface area contributed by atoms with E-state index in [2.05, 4.69) is 14.9 Å². The third-order valence-electron chi connectivity index (χ3n) is 2.52. The van der Waals surface area contributed by atoms with E-state index < -0.39 is 4.92 Å². The van der Waals surface area contributed by atoms with Gasteiger partial charge in [0, 0.05) is 0 Å². The van der Waals surface area contributed by atoms with Crippen LogP contribution in [-0.4, -0.2) is 30.2 Å². The van der Waals surface area contributed by atoms with Gasteiger partial charge in [-0.05, 0) is 0 Å². The molecule has 19 heavy (non-hydrogen) atoms. The van der Waals surface area contributed by atoms with Gasteiger partial charge in [-0.3, -0.25) is 0 Å². The average molecular weight is 320 g/mol. The molecule has 1 heterocycles. The number of rotatable bonds is 3. The number of non-ortho nitro benzene ring substituents is 1. The minimum atomic E-state index is -0.480. The summed E-state index contributed by atoms with van der Waals surface area (Å²) in [5.74, 6) is 0. The molecule has 3 rings (SSSR count). The Labute approximate surface area is 113 Å². The second-order valence-corrected chi connectivity index (χ2v) is 6.06. The van der Waals surface area contributed by atoms with Crippen LogP contribution >= 0.6 is 0 Å². The van der Waals surface area contributed by atoms with E-state index in [-0.39, 0.29) is 26.2 Å². The van der Waals surface area contributed by atoms with Gasteiger partial charge in [-0.25, -0.2) is 0 Å². The van der Waals surface area contributed by atoms with E-state index in [9.17, 15) is 10.1 Å². The molecule has 94 valence electrons. The summed E-state index contributed by atoms with van der Waals surface area (Å²) >= 11 is 0.00713. The van der Waals surface area contributed by atoms with E-state index in [0.29, 0.717) is 5.52 Å². The van der Waals surface area contributed by atoms with Crippen LogP contribution in [0.2, 0.25) is 0 Å². The van der Waals surface area contributed by atoms with Crippen molar-refractivity contribution in [2.45, 2.75) is 0 Å². The molecule has 0 aliphatic rings. The molecule has 7 heteroatoms. The van der Waals surface area contributed by atoms with Crippen LogP contribution in [-0.2, 0) is 0 Å². The number of fused-ring (bicyclic) bond motifs is 1. The average Bonchev–Trinajstić information content (AvgIpc) is 2.89. The van der Waals surface area contributed by atoms with Crippen molar-refractivity contribution in [2.24, 2.45) is 0 Å². The van der Waals surface area contributed by atoms with Gasteiger partial charge in [0.1, 0.15) is 0 Å². The first kappa shape index (κ1) is 11.8. The van der Waals surface area contributed by atoms with E-state index >= 15 is 0 Å². The van der Waals surface area contributed by atoms with Crippen molar-refractivity contribution in [3.05, 3.63) is 52.6 Å². The molecule has 2 aromatic carbocycles. The van der Waals surface area contributed by atoms with E-state index in [1.807, 2.05) is 30.3 Å². The zero-order valence-corrected chi connectivity index (χ0v) is 11.2. The van der Waals surface area contributed by atoms with Crippen LogP contribution in [0, 0.1) is 10.1 Å². The van der Waals surface area contributed by atoms with Crippen LogP contribution in [0.1, 0.15) is 0 Å². The first-order valence-electron chi connectivity index (χ1n) is 5.38. The molecule has 0 fully saturated rings. The number of aromatic nitrogens is 2. The summed E-state index contributed by atoms with van der Waals surface area (Å²) < 4.78 is 6.72. The van der Waals surface area contributed by atoms with Gasteiger partial charge < -0.3 is 0 Å². The molecule has 0 N–H and O–H groups in total. The number of hydrogen-bond acceptors (Lipinski definition) is 5. The SMILES string of the molecule is O=[N+]([O-])c1ccc([Se]c2ccccc2)c2nonc12. The molecule has 0 aliphatic heterocycles. The Morgan fingerprint density at radius 2 is 1.79 bits per heavy atom. The van der Waals surface area contributed by atoms with Crippen LogP contribution in [0.4, 0.5) is 5.69 Å². The van der Waals surface area contributed by atoms with Crippen LogP contribution in [0.15, 0.2) is 47.1 Å². The third-order valence-corrected chi connectivity index (χ3v) is 4.74. The summed E-state index contributed by atoms with van der Waals surface area (Å²) in [6.07, 6.45) is 0. The van der Waals surface area contributed by atoms with Crippen molar-refractivity contribution in [2.75, 3.05) is 0 Å². The van der Waals surface area contributed by atoms with Gasteiger partial charge >= 0.3 is 113 Å². The van der Waals surface area contributed by atoms with E-state index in [0.717, 1.165) is 8.92 Å². The first-order chi connectivity index (χ1) is 9.25. The van der Waals surface area contributed by atoms with Gasteiger partial charge in [0.05, 0.1) is 0 Å². The number of hydrogen-bond donors (Lipinski definition) is 0. The van der Waals surface area contributed by atoms with Gasteiger partial charge in [-0.1, -0.05) is 0 Å². The van der Waals surface area contributed by atoms with Crippen molar-refractivity contribution in [3.8, 4) is 0 Å². The molecule has 3 aromatic rings. The maximum atomic E-state index is 10.9. The number of nitro benzene ring substituents is 1. The normalized spacial score (nSPS) is 10.7. The summed E-state index contributed by atoms with van der Waals surface area (Å²) in [6, 6.07) is 13.1. The molecule has 0 saturated carbocycles. The predicted octanol–water partition coefficient (Wildman–Crippen LogP) is 0.786. The summed E-state index contributed by atoms with van der Waals surface area (Å²) in [6.45, 7) is 0.